The Morgan fingerprint density at radius 2 is 1.58 bits per heavy atom. The smallest absolute Gasteiger partial charge is 0.0621 e. The summed E-state index contributed by atoms with van der Waals surface area (Å²) in [5.74, 6) is 0.263. The summed E-state index contributed by atoms with van der Waals surface area (Å²) in [7, 11) is 0. The minimum Gasteiger partial charge on any atom is -0.0827 e. The molecule has 3 aromatic rings. The number of rotatable bonds is 3. The molecule has 3 rings (SSSR count). The van der Waals surface area contributed by atoms with Gasteiger partial charge in [0.1, 0.15) is 0 Å². The third-order valence-electron chi connectivity index (χ3n) is 4.50. The standard InChI is InChI=1S/C22H20Cl2/c1-14(18-12-16(3)22(24)21(23)13-18)8-10-17-11-9-15(2)19-6-4-5-7-20(17)19/h4-14H,1-3H3/b10-8+. The molecule has 0 fully saturated rings. The molecule has 0 saturated heterocycles. The number of aryl methyl sites for hydroxylation is 2. The van der Waals surface area contributed by atoms with Gasteiger partial charge in [0.2, 0.25) is 0 Å². The van der Waals surface area contributed by atoms with Gasteiger partial charge in [-0.1, -0.05) is 84.7 Å². The van der Waals surface area contributed by atoms with E-state index in [0.29, 0.717) is 10.0 Å². The molecule has 3 aromatic carbocycles. The lowest BCUT2D eigenvalue weighted by atomic mass is 9.96. The van der Waals surface area contributed by atoms with Gasteiger partial charge in [0.05, 0.1) is 10.0 Å². The van der Waals surface area contributed by atoms with Crippen molar-refractivity contribution in [2.75, 3.05) is 0 Å². The molecule has 1 atom stereocenters. The van der Waals surface area contributed by atoms with Crippen LogP contribution in [0.4, 0.5) is 0 Å². The fourth-order valence-corrected chi connectivity index (χ4v) is 3.38. The van der Waals surface area contributed by atoms with Gasteiger partial charge in [-0.15, -0.1) is 0 Å². The first-order valence-electron chi connectivity index (χ1n) is 8.09. The predicted octanol–water partition coefficient (Wildman–Crippen LogP) is 7.58. The van der Waals surface area contributed by atoms with E-state index in [-0.39, 0.29) is 5.92 Å². The van der Waals surface area contributed by atoms with Gasteiger partial charge in [-0.2, -0.15) is 0 Å². The summed E-state index contributed by atoms with van der Waals surface area (Å²) in [4.78, 5) is 0. The largest absolute Gasteiger partial charge is 0.0827 e. The molecule has 2 heteroatoms. The van der Waals surface area contributed by atoms with Crippen LogP contribution in [0.1, 0.15) is 35.1 Å². The molecule has 0 heterocycles. The Hall–Kier alpha value is -1.76. The average molecular weight is 355 g/mol. The second-order valence-electron chi connectivity index (χ2n) is 6.30. The van der Waals surface area contributed by atoms with Gasteiger partial charge in [0, 0.05) is 0 Å². The minimum atomic E-state index is 0.263. The van der Waals surface area contributed by atoms with Crippen molar-refractivity contribution in [1.29, 1.82) is 0 Å². The van der Waals surface area contributed by atoms with Crippen molar-refractivity contribution >= 4 is 40.1 Å². The third-order valence-corrected chi connectivity index (χ3v) is 5.40. The summed E-state index contributed by atoms with van der Waals surface area (Å²) in [6.45, 7) is 6.31. The zero-order valence-electron chi connectivity index (χ0n) is 14.1. The van der Waals surface area contributed by atoms with Gasteiger partial charge < -0.3 is 0 Å². The van der Waals surface area contributed by atoms with Gasteiger partial charge >= 0.3 is 0 Å². The molecule has 0 aromatic heterocycles. The molecule has 0 radical (unpaired) electrons. The Balaban J connectivity index is 1.95. The molecule has 122 valence electrons. The summed E-state index contributed by atoms with van der Waals surface area (Å²) < 4.78 is 0. The Morgan fingerprint density at radius 1 is 0.875 bits per heavy atom. The molecule has 0 aliphatic carbocycles. The SMILES string of the molecule is Cc1cc(C(C)/C=C/c2ccc(C)c3ccccc23)cc(Cl)c1Cl. The predicted molar refractivity (Wildman–Crippen MR) is 107 cm³/mol. The normalized spacial score (nSPS) is 12.9. The first-order chi connectivity index (χ1) is 11.5. The molecule has 0 saturated carbocycles. The highest BCUT2D eigenvalue weighted by atomic mass is 35.5. The Kier molecular flexibility index (Phi) is 4.99. The number of fused-ring (bicyclic) bond motifs is 1. The van der Waals surface area contributed by atoms with E-state index in [2.05, 4.69) is 68.5 Å². The van der Waals surface area contributed by atoms with E-state index in [0.717, 1.165) is 5.56 Å². The van der Waals surface area contributed by atoms with Crippen LogP contribution in [-0.4, -0.2) is 0 Å². The molecule has 0 N–H and O–H groups in total. The maximum Gasteiger partial charge on any atom is 0.0621 e. The summed E-state index contributed by atoms with van der Waals surface area (Å²) in [5, 5.41) is 3.85. The molecule has 0 bridgehead atoms. The number of halogens is 2. The maximum absolute atomic E-state index is 6.22. The highest BCUT2D eigenvalue weighted by molar-refractivity contribution is 6.42. The van der Waals surface area contributed by atoms with Crippen LogP contribution in [0, 0.1) is 13.8 Å². The zero-order chi connectivity index (χ0) is 17.3. The minimum absolute atomic E-state index is 0.263. The number of hydrogen-bond acceptors (Lipinski definition) is 0. The van der Waals surface area contributed by atoms with Crippen LogP contribution in [0.3, 0.4) is 0 Å². The maximum atomic E-state index is 6.22. The van der Waals surface area contributed by atoms with Crippen molar-refractivity contribution in [3.8, 4) is 0 Å². The molecular formula is C22H20Cl2. The highest BCUT2D eigenvalue weighted by Gasteiger charge is 2.08. The van der Waals surface area contributed by atoms with Crippen LogP contribution in [-0.2, 0) is 0 Å². The lowest BCUT2D eigenvalue weighted by molar-refractivity contribution is 0.970. The van der Waals surface area contributed by atoms with Gasteiger partial charge in [0.25, 0.3) is 0 Å². The molecular weight excluding hydrogens is 335 g/mol. The van der Waals surface area contributed by atoms with E-state index in [9.17, 15) is 0 Å². The van der Waals surface area contributed by atoms with Crippen molar-refractivity contribution < 1.29 is 0 Å². The second kappa shape index (κ2) is 7.01. The van der Waals surface area contributed by atoms with E-state index in [1.54, 1.807) is 0 Å². The van der Waals surface area contributed by atoms with E-state index in [4.69, 9.17) is 23.2 Å². The van der Waals surface area contributed by atoms with Crippen molar-refractivity contribution in [3.05, 3.63) is 86.9 Å². The first-order valence-corrected chi connectivity index (χ1v) is 8.85. The quantitative estimate of drug-likeness (QED) is 0.454. The van der Waals surface area contributed by atoms with Crippen LogP contribution in [0.2, 0.25) is 10.0 Å². The lowest BCUT2D eigenvalue weighted by Crippen LogP contribution is -1.92. The number of benzene rings is 3. The van der Waals surface area contributed by atoms with E-state index < -0.39 is 0 Å². The number of hydrogen-bond donors (Lipinski definition) is 0. The van der Waals surface area contributed by atoms with Crippen molar-refractivity contribution in [3.63, 3.8) is 0 Å². The molecule has 0 aliphatic rings. The van der Waals surface area contributed by atoms with E-state index in [1.165, 1.54) is 27.5 Å². The molecule has 0 nitrogen and oxygen atoms in total. The van der Waals surface area contributed by atoms with Crippen molar-refractivity contribution in [2.24, 2.45) is 0 Å². The summed E-state index contributed by atoms with van der Waals surface area (Å²) in [6.07, 6.45) is 4.42. The average Bonchev–Trinajstić information content (AvgIpc) is 2.58. The van der Waals surface area contributed by atoms with Crippen molar-refractivity contribution in [2.45, 2.75) is 26.7 Å². The third kappa shape index (κ3) is 3.36. The van der Waals surface area contributed by atoms with Crippen LogP contribution in [0.15, 0.2) is 54.6 Å². The summed E-state index contributed by atoms with van der Waals surface area (Å²) >= 11 is 12.4. The first kappa shape index (κ1) is 17.1. The molecule has 24 heavy (non-hydrogen) atoms. The summed E-state index contributed by atoms with van der Waals surface area (Å²) in [6, 6.07) is 16.9. The van der Waals surface area contributed by atoms with Gasteiger partial charge in [0.15, 0.2) is 0 Å². The highest BCUT2D eigenvalue weighted by Crippen LogP contribution is 2.31. The topological polar surface area (TPSA) is 0 Å². The van der Waals surface area contributed by atoms with Gasteiger partial charge in [-0.25, -0.2) is 0 Å². The van der Waals surface area contributed by atoms with E-state index in [1.807, 2.05) is 13.0 Å². The Bertz CT molecular complexity index is 899. The number of allylic oxidation sites excluding steroid dienone is 1. The van der Waals surface area contributed by atoms with Crippen LogP contribution >= 0.6 is 23.2 Å². The molecule has 1 unspecified atom stereocenters. The monoisotopic (exact) mass is 354 g/mol. The summed E-state index contributed by atoms with van der Waals surface area (Å²) in [5.41, 5.74) is 4.73. The molecule has 0 aliphatic heterocycles. The lowest BCUT2D eigenvalue weighted by Gasteiger charge is -2.11. The fourth-order valence-electron chi connectivity index (χ4n) is 2.99. The van der Waals surface area contributed by atoms with Crippen LogP contribution in [0.25, 0.3) is 16.8 Å². The van der Waals surface area contributed by atoms with Gasteiger partial charge in [-0.3, -0.25) is 0 Å². The molecule has 0 amide bonds. The Labute approximate surface area is 153 Å². The zero-order valence-corrected chi connectivity index (χ0v) is 15.6. The van der Waals surface area contributed by atoms with Gasteiger partial charge in [-0.05, 0) is 58.9 Å². The second-order valence-corrected chi connectivity index (χ2v) is 7.08. The van der Waals surface area contributed by atoms with Crippen LogP contribution in [0.5, 0.6) is 0 Å². The van der Waals surface area contributed by atoms with Crippen molar-refractivity contribution in [1.82, 2.24) is 0 Å². The fraction of sp³-hybridized carbons (Fsp3) is 0.182. The van der Waals surface area contributed by atoms with Crippen LogP contribution < -0.4 is 0 Å². The Morgan fingerprint density at radius 3 is 2.29 bits per heavy atom. The molecule has 0 spiro atoms. The van der Waals surface area contributed by atoms with E-state index >= 15 is 0 Å².